The van der Waals surface area contributed by atoms with Crippen LogP contribution in [-0.4, -0.2) is 42.7 Å². The van der Waals surface area contributed by atoms with Crippen LogP contribution < -0.4 is 5.32 Å². The standard InChI is InChI=1S/C14H20N2O2/c1-16(7-8-17)10-14(18)15-13-6-5-11-3-2-4-12(11)9-13/h5-6,9,17H,2-4,7-8,10H2,1H3,(H,15,18). The molecule has 0 radical (unpaired) electrons. The first-order chi connectivity index (χ1) is 8.69. The Morgan fingerprint density at radius 3 is 2.94 bits per heavy atom. The van der Waals surface area contributed by atoms with Gasteiger partial charge in [-0.05, 0) is 49.6 Å². The number of aryl methyl sites for hydroxylation is 2. The van der Waals surface area contributed by atoms with Gasteiger partial charge in [0.2, 0.25) is 5.91 Å². The van der Waals surface area contributed by atoms with E-state index in [4.69, 9.17) is 5.11 Å². The van der Waals surface area contributed by atoms with Crippen molar-refractivity contribution in [3.63, 3.8) is 0 Å². The molecule has 4 heteroatoms. The largest absolute Gasteiger partial charge is 0.395 e. The molecular weight excluding hydrogens is 228 g/mol. The number of carbonyl (C=O) groups is 1. The van der Waals surface area contributed by atoms with Gasteiger partial charge in [0.25, 0.3) is 0 Å². The Labute approximate surface area is 108 Å². The van der Waals surface area contributed by atoms with E-state index < -0.39 is 0 Å². The zero-order valence-electron chi connectivity index (χ0n) is 10.8. The fourth-order valence-electron chi connectivity index (χ4n) is 2.35. The van der Waals surface area contributed by atoms with Gasteiger partial charge in [-0.3, -0.25) is 9.69 Å². The molecule has 0 bridgehead atoms. The number of fused-ring (bicyclic) bond motifs is 1. The van der Waals surface area contributed by atoms with Crippen molar-refractivity contribution in [2.24, 2.45) is 0 Å². The van der Waals surface area contributed by atoms with Crippen LogP contribution in [0.25, 0.3) is 0 Å². The van der Waals surface area contributed by atoms with Gasteiger partial charge in [0.15, 0.2) is 0 Å². The zero-order valence-corrected chi connectivity index (χ0v) is 10.8. The van der Waals surface area contributed by atoms with Gasteiger partial charge in [-0.1, -0.05) is 6.07 Å². The van der Waals surface area contributed by atoms with Crippen molar-refractivity contribution in [2.45, 2.75) is 19.3 Å². The third-order valence-electron chi connectivity index (χ3n) is 3.28. The molecule has 1 amide bonds. The number of likely N-dealkylation sites (N-methyl/N-ethyl adjacent to an activating group) is 1. The number of nitrogens with one attached hydrogen (secondary N) is 1. The maximum atomic E-state index is 11.8. The number of anilines is 1. The summed E-state index contributed by atoms with van der Waals surface area (Å²) in [6.07, 6.45) is 3.48. The van der Waals surface area contributed by atoms with Gasteiger partial charge < -0.3 is 10.4 Å². The molecule has 1 aromatic rings. The predicted octanol–water partition coefficient (Wildman–Crippen LogP) is 1.04. The average molecular weight is 248 g/mol. The van der Waals surface area contributed by atoms with Crippen LogP contribution in [0.3, 0.4) is 0 Å². The zero-order chi connectivity index (χ0) is 13.0. The molecule has 1 aliphatic carbocycles. The highest BCUT2D eigenvalue weighted by Gasteiger charge is 2.12. The molecule has 1 aromatic carbocycles. The lowest BCUT2D eigenvalue weighted by atomic mass is 10.1. The molecule has 0 saturated heterocycles. The van der Waals surface area contributed by atoms with E-state index in [0.717, 1.165) is 18.5 Å². The SMILES string of the molecule is CN(CCO)CC(=O)Nc1ccc2c(c1)CCC2. The Hall–Kier alpha value is -1.39. The Morgan fingerprint density at radius 1 is 1.39 bits per heavy atom. The summed E-state index contributed by atoms with van der Waals surface area (Å²) in [5.74, 6) is -0.0381. The van der Waals surface area contributed by atoms with Crippen molar-refractivity contribution >= 4 is 11.6 Å². The van der Waals surface area contributed by atoms with E-state index in [9.17, 15) is 4.79 Å². The third kappa shape index (κ3) is 3.31. The summed E-state index contributed by atoms with van der Waals surface area (Å²) in [7, 11) is 1.82. The van der Waals surface area contributed by atoms with Crippen molar-refractivity contribution in [2.75, 3.05) is 32.1 Å². The van der Waals surface area contributed by atoms with Crippen molar-refractivity contribution in [3.8, 4) is 0 Å². The van der Waals surface area contributed by atoms with Gasteiger partial charge in [0, 0.05) is 12.2 Å². The number of amides is 1. The summed E-state index contributed by atoms with van der Waals surface area (Å²) >= 11 is 0. The summed E-state index contributed by atoms with van der Waals surface area (Å²) < 4.78 is 0. The molecule has 0 atom stereocenters. The van der Waals surface area contributed by atoms with E-state index in [1.165, 1.54) is 17.5 Å². The van der Waals surface area contributed by atoms with Crippen LogP contribution in [0.4, 0.5) is 5.69 Å². The number of nitrogens with zero attached hydrogens (tertiary/aromatic N) is 1. The van der Waals surface area contributed by atoms with Crippen LogP contribution in [0.5, 0.6) is 0 Å². The number of aliphatic hydroxyl groups is 1. The highest BCUT2D eigenvalue weighted by molar-refractivity contribution is 5.92. The molecule has 0 spiro atoms. The summed E-state index contributed by atoms with van der Waals surface area (Å²) in [6.45, 7) is 0.887. The van der Waals surface area contributed by atoms with Gasteiger partial charge in [0.05, 0.1) is 13.2 Å². The van der Waals surface area contributed by atoms with Crippen molar-refractivity contribution in [3.05, 3.63) is 29.3 Å². The molecule has 2 N–H and O–H groups in total. The van der Waals surface area contributed by atoms with Crippen LogP contribution in [-0.2, 0) is 17.6 Å². The smallest absolute Gasteiger partial charge is 0.238 e. The van der Waals surface area contributed by atoms with Crippen LogP contribution in [0, 0.1) is 0 Å². The van der Waals surface area contributed by atoms with E-state index >= 15 is 0 Å². The van der Waals surface area contributed by atoms with Gasteiger partial charge in [0.1, 0.15) is 0 Å². The lowest BCUT2D eigenvalue weighted by Gasteiger charge is -2.14. The Morgan fingerprint density at radius 2 is 2.17 bits per heavy atom. The molecule has 0 aromatic heterocycles. The first-order valence-electron chi connectivity index (χ1n) is 6.40. The third-order valence-corrected chi connectivity index (χ3v) is 3.28. The molecule has 0 fully saturated rings. The quantitative estimate of drug-likeness (QED) is 0.818. The lowest BCUT2D eigenvalue weighted by molar-refractivity contribution is -0.117. The second-order valence-electron chi connectivity index (χ2n) is 4.85. The minimum absolute atomic E-state index is 0.0381. The first-order valence-corrected chi connectivity index (χ1v) is 6.40. The summed E-state index contributed by atoms with van der Waals surface area (Å²) in [6, 6.07) is 6.15. The van der Waals surface area contributed by atoms with Gasteiger partial charge in [-0.15, -0.1) is 0 Å². The van der Waals surface area contributed by atoms with Crippen molar-refractivity contribution < 1.29 is 9.90 Å². The monoisotopic (exact) mass is 248 g/mol. The van der Waals surface area contributed by atoms with Gasteiger partial charge >= 0.3 is 0 Å². The fraction of sp³-hybridized carbons (Fsp3) is 0.500. The Bertz CT molecular complexity index is 432. The molecule has 18 heavy (non-hydrogen) atoms. The number of hydrogen-bond acceptors (Lipinski definition) is 3. The van der Waals surface area contributed by atoms with Gasteiger partial charge in [-0.2, -0.15) is 0 Å². The summed E-state index contributed by atoms with van der Waals surface area (Å²) in [5, 5.41) is 11.7. The summed E-state index contributed by atoms with van der Waals surface area (Å²) in [4.78, 5) is 13.6. The van der Waals surface area contributed by atoms with Crippen molar-refractivity contribution in [1.82, 2.24) is 4.90 Å². The van der Waals surface area contributed by atoms with E-state index in [2.05, 4.69) is 17.4 Å². The molecule has 0 unspecified atom stereocenters. The number of carbonyl (C=O) groups excluding carboxylic acids is 1. The normalized spacial score (nSPS) is 13.7. The average Bonchev–Trinajstić information content (AvgIpc) is 2.76. The molecule has 4 nitrogen and oxygen atoms in total. The molecule has 0 saturated carbocycles. The topological polar surface area (TPSA) is 52.6 Å². The maximum Gasteiger partial charge on any atom is 0.238 e. The Kier molecular flexibility index (Phi) is 4.33. The van der Waals surface area contributed by atoms with Crippen LogP contribution in [0.2, 0.25) is 0 Å². The minimum atomic E-state index is -0.0381. The van der Waals surface area contributed by atoms with Gasteiger partial charge in [-0.25, -0.2) is 0 Å². The number of benzene rings is 1. The first kappa shape index (κ1) is 13.1. The van der Waals surface area contributed by atoms with E-state index in [1.807, 2.05) is 13.1 Å². The molecular formula is C14H20N2O2. The molecule has 1 aliphatic rings. The lowest BCUT2D eigenvalue weighted by Crippen LogP contribution is -2.32. The van der Waals surface area contributed by atoms with E-state index in [1.54, 1.807) is 4.90 Å². The van der Waals surface area contributed by atoms with Crippen LogP contribution in [0.15, 0.2) is 18.2 Å². The predicted molar refractivity (Wildman–Crippen MR) is 71.7 cm³/mol. The minimum Gasteiger partial charge on any atom is -0.395 e. The second-order valence-corrected chi connectivity index (χ2v) is 4.85. The second kappa shape index (κ2) is 5.98. The molecule has 0 aliphatic heterocycles. The molecule has 98 valence electrons. The number of hydrogen-bond donors (Lipinski definition) is 2. The maximum absolute atomic E-state index is 11.8. The van der Waals surface area contributed by atoms with E-state index in [-0.39, 0.29) is 12.5 Å². The molecule has 0 heterocycles. The van der Waals surface area contributed by atoms with E-state index in [0.29, 0.717) is 13.1 Å². The fourth-order valence-corrected chi connectivity index (χ4v) is 2.35. The summed E-state index contributed by atoms with van der Waals surface area (Å²) in [5.41, 5.74) is 3.64. The number of aliphatic hydroxyl groups excluding tert-OH is 1. The van der Waals surface area contributed by atoms with Crippen LogP contribution >= 0.6 is 0 Å². The molecule has 2 rings (SSSR count). The highest BCUT2D eigenvalue weighted by Crippen LogP contribution is 2.24. The Balaban J connectivity index is 1.91. The highest BCUT2D eigenvalue weighted by atomic mass is 16.3. The van der Waals surface area contributed by atoms with Crippen LogP contribution in [0.1, 0.15) is 17.5 Å². The number of rotatable bonds is 5. The van der Waals surface area contributed by atoms with Crippen molar-refractivity contribution in [1.29, 1.82) is 0 Å².